The van der Waals surface area contributed by atoms with E-state index in [1.165, 1.54) is 0 Å². The maximum atomic E-state index is 10.9. The first-order chi connectivity index (χ1) is 6.22. The van der Waals surface area contributed by atoms with Gasteiger partial charge in [-0.05, 0) is 29.8 Å². The van der Waals surface area contributed by atoms with Gasteiger partial charge in [0, 0.05) is 12.6 Å². The molecular formula is C10H12N2O. The van der Waals surface area contributed by atoms with Crippen LogP contribution in [0.25, 0.3) is 6.08 Å². The summed E-state index contributed by atoms with van der Waals surface area (Å²) in [6, 6.07) is 3.53. The van der Waals surface area contributed by atoms with E-state index in [-0.39, 0.29) is 5.78 Å². The summed E-state index contributed by atoms with van der Waals surface area (Å²) in [7, 11) is 0. The van der Waals surface area contributed by atoms with E-state index in [4.69, 9.17) is 5.73 Å². The molecule has 1 rings (SSSR count). The molecule has 1 aromatic rings. The smallest absolute Gasteiger partial charge is 0.155 e. The van der Waals surface area contributed by atoms with Gasteiger partial charge in [0.1, 0.15) is 5.82 Å². The summed E-state index contributed by atoms with van der Waals surface area (Å²) in [4.78, 5) is 14.8. The molecule has 0 bridgehead atoms. The van der Waals surface area contributed by atoms with Crippen molar-refractivity contribution in [2.45, 2.75) is 13.3 Å². The molecule has 0 saturated heterocycles. The van der Waals surface area contributed by atoms with E-state index in [9.17, 15) is 4.79 Å². The number of pyridine rings is 1. The zero-order valence-corrected chi connectivity index (χ0v) is 7.53. The van der Waals surface area contributed by atoms with Crippen molar-refractivity contribution in [2.75, 3.05) is 5.73 Å². The Hall–Kier alpha value is -1.64. The zero-order chi connectivity index (χ0) is 9.68. The Kier molecular flexibility index (Phi) is 3.20. The minimum absolute atomic E-state index is 0.108. The molecule has 3 heteroatoms. The number of hydrogen-bond donors (Lipinski definition) is 1. The van der Waals surface area contributed by atoms with Gasteiger partial charge in [0.15, 0.2) is 5.78 Å². The van der Waals surface area contributed by atoms with Crippen LogP contribution in [0, 0.1) is 0 Å². The van der Waals surface area contributed by atoms with Crippen LogP contribution in [0.4, 0.5) is 5.82 Å². The molecule has 2 N–H and O–H groups in total. The van der Waals surface area contributed by atoms with Crippen molar-refractivity contribution in [1.29, 1.82) is 0 Å². The van der Waals surface area contributed by atoms with Gasteiger partial charge in [-0.3, -0.25) is 4.79 Å². The molecule has 13 heavy (non-hydrogen) atoms. The average molecular weight is 176 g/mol. The van der Waals surface area contributed by atoms with Gasteiger partial charge in [0.2, 0.25) is 0 Å². The number of rotatable bonds is 3. The second-order valence-electron chi connectivity index (χ2n) is 2.67. The normalized spacial score (nSPS) is 10.5. The average Bonchev–Trinajstić information content (AvgIpc) is 2.16. The van der Waals surface area contributed by atoms with Gasteiger partial charge in [-0.1, -0.05) is 6.92 Å². The molecule has 0 spiro atoms. The molecule has 0 fully saturated rings. The Morgan fingerprint density at radius 1 is 1.62 bits per heavy atom. The first-order valence-electron chi connectivity index (χ1n) is 4.15. The molecule has 0 aliphatic heterocycles. The number of nitrogens with zero attached hydrogens (tertiary/aromatic N) is 1. The van der Waals surface area contributed by atoms with E-state index in [1.807, 2.05) is 13.0 Å². The first-order valence-corrected chi connectivity index (χ1v) is 4.15. The second-order valence-corrected chi connectivity index (χ2v) is 2.67. The van der Waals surface area contributed by atoms with E-state index >= 15 is 0 Å². The van der Waals surface area contributed by atoms with E-state index in [2.05, 4.69) is 4.98 Å². The topological polar surface area (TPSA) is 56.0 Å². The molecule has 68 valence electrons. The van der Waals surface area contributed by atoms with E-state index in [1.54, 1.807) is 24.4 Å². The third kappa shape index (κ3) is 3.07. The van der Waals surface area contributed by atoms with Gasteiger partial charge in [-0.25, -0.2) is 4.98 Å². The molecule has 0 saturated carbocycles. The summed E-state index contributed by atoms with van der Waals surface area (Å²) < 4.78 is 0. The maximum Gasteiger partial charge on any atom is 0.155 e. The van der Waals surface area contributed by atoms with E-state index < -0.39 is 0 Å². The van der Waals surface area contributed by atoms with Crippen LogP contribution >= 0.6 is 0 Å². The number of allylic oxidation sites excluding steroid dienone is 1. The van der Waals surface area contributed by atoms with Crippen LogP contribution in [-0.2, 0) is 4.79 Å². The van der Waals surface area contributed by atoms with Crippen molar-refractivity contribution in [3.05, 3.63) is 30.0 Å². The van der Waals surface area contributed by atoms with Crippen LogP contribution in [0.15, 0.2) is 24.4 Å². The Morgan fingerprint density at radius 2 is 2.38 bits per heavy atom. The second kappa shape index (κ2) is 4.40. The quantitative estimate of drug-likeness (QED) is 0.712. The van der Waals surface area contributed by atoms with Crippen LogP contribution in [-0.4, -0.2) is 10.8 Å². The minimum Gasteiger partial charge on any atom is -0.384 e. The molecule has 3 nitrogen and oxygen atoms in total. The lowest BCUT2D eigenvalue weighted by molar-refractivity contribution is -0.114. The van der Waals surface area contributed by atoms with Crippen LogP contribution in [0.5, 0.6) is 0 Å². The number of ketones is 1. The van der Waals surface area contributed by atoms with E-state index in [0.29, 0.717) is 12.2 Å². The maximum absolute atomic E-state index is 10.9. The Labute approximate surface area is 77.3 Å². The van der Waals surface area contributed by atoms with Crippen LogP contribution in [0.3, 0.4) is 0 Å². The number of carbonyl (C=O) groups is 1. The number of anilines is 1. The van der Waals surface area contributed by atoms with Gasteiger partial charge >= 0.3 is 0 Å². The lowest BCUT2D eigenvalue weighted by Gasteiger charge is -1.93. The van der Waals surface area contributed by atoms with Gasteiger partial charge in [-0.15, -0.1) is 0 Å². The molecular weight excluding hydrogens is 164 g/mol. The predicted octanol–water partition coefficient (Wildman–Crippen LogP) is 1.66. The fourth-order valence-electron chi connectivity index (χ4n) is 0.822. The number of hydrogen-bond acceptors (Lipinski definition) is 3. The third-order valence-corrected chi connectivity index (χ3v) is 1.62. The number of aromatic nitrogens is 1. The number of carbonyl (C=O) groups excluding carboxylic acids is 1. The van der Waals surface area contributed by atoms with Crippen molar-refractivity contribution >= 4 is 17.7 Å². The summed E-state index contributed by atoms with van der Waals surface area (Å²) >= 11 is 0. The van der Waals surface area contributed by atoms with E-state index in [0.717, 1.165) is 5.56 Å². The third-order valence-electron chi connectivity index (χ3n) is 1.62. The van der Waals surface area contributed by atoms with Gasteiger partial charge in [0.05, 0.1) is 0 Å². The molecule has 0 unspecified atom stereocenters. The summed E-state index contributed by atoms with van der Waals surface area (Å²) in [5.41, 5.74) is 6.29. The lowest BCUT2D eigenvalue weighted by atomic mass is 10.2. The van der Waals surface area contributed by atoms with Gasteiger partial charge in [0.25, 0.3) is 0 Å². The molecule has 0 radical (unpaired) electrons. The molecule has 0 amide bonds. The summed E-state index contributed by atoms with van der Waals surface area (Å²) in [6.45, 7) is 1.83. The van der Waals surface area contributed by atoms with Gasteiger partial charge < -0.3 is 5.73 Å². The van der Waals surface area contributed by atoms with Crippen molar-refractivity contribution in [3.8, 4) is 0 Å². The highest BCUT2D eigenvalue weighted by Gasteiger charge is 1.91. The van der Waals surface area contributed by atoms with Crippen molar-refractivity contribution in [1.82, 2.24) is 4.98 Å². The molecule has 0 aliphatic rings. The summed E-state index contributed by atoms with van der Waals surface area (Å²) in [6.07, 6.45) is 5.44. The Balaban J connectivity index is 2.69. The SMILES string of the molecule is CCC(=O)/C=C/c1ccc(N)nc1. The first kappa shape index (κ1) is 9.45. The molecule has 0 aliphatic carbocycles. The largest absolute Gasteiger partial charge is 0.384 e. The standard InChI is InChI=1S/C10H12N2O/c1-2-9(13)5-3-8-4-6-10(11)12-7-8/h3-7H,2H2,1H3,(H2,11,12)/b5-3+. The molecule has 0 atom stereocenters. The van der Waals surface area contributed by atoms with Crippen molar-refractivity contribution in [3.63, 3.8) is 0 Å². The zero-order valence-electron chi connectivity index (χ0n) is 7.53. The Morgan fingerprint density at radius 3 is 2.92 bits per heavy atom. The van der Waals surface area contributed by atoms with Crippen molar-refractivity contribution < 1.29 is 4.79 Å². The van der Waals surface area contributed by atoms with Crippen LogP contribution < -0.4 is 5.73 Å². The number of nitrogens with two attached hydrogens (primary N) is 1. The fraction of sp³-hybridized carbons (Fsp3) is 0.200. The predicted molar refractivity (Wildman–Crippen MR) is 53.0 cm³/mol. The fourth-order valence-corrected chi connectivity index (χ4v) is 0.822. The van der Waals surface area contributed by atoms with Gasteiger partial charge in [-0.2, -0.15) is 0 Å². The monoisotopic (exact) mass is 176 g/mol. The lowest BCUT2D eigenvalue weighted by Crippen LogP contribution is -1.89. The molecule has 1 heterocycles. The minimum atomic E-state index is 0.108. The number of nitrogen functional groups attached to an aromatic ring is 1. The van der Waals surface area contributed by atoms with Crippen LogP contribution in [0.2, 0.25) is 0 Å². The van der Waals surface area contributed by atoms with Crippen molar-refractivity contribution in [2.24, 2.45) is 0 Å². The highest BCUT2D eigenvalue weighted by molar-refractivity contribution is 5.93. The summed E-state index contributed by atoms with van der Waals surface area (Å²) in [5, 5.41) is 0. The molecule has 0 aromatic carbocycles. The summed E-state index contributed by atoms with van der Waals surface area (Å²) in [5.74, 6) is 0.593. The molecule has 1 aromatic heterocycles. The highest BCUT2D eigenvalue weighted by Crippen LogP contribution is 2.03. The van der Waals surface area contributed by atoms with Crippen LogP contribution in [0.1, 0.15) is 18.9 Å². The Bertz CT molecular complexity index is 314. The highest BCUT2D eigenvalue weighted by atomic mass is 16.1.